The number of hydrogen-bond acceptors (Lipinski definition) is 28. The summed E-state index contributed by atoms with van der Waals surface area (Å²) in [5.74, 6) is 19.8. The van der Waals surface area contributed by atoms with Crippen molar-refractivity contribution in [1.29, 1.82) is 0 Å². The summed E-state index contributed by atoms with van der Waals surface area (Å²) < 4.78 is 57.0. The summed E-state index contributed by atoms with van der Waals surface area (Å²) in [5.41, 5.74) is 26.5. The van der Waals surface area contributed by atoms with Gasteiger partial charge in [-0.25, -0.2) is 34.9 Å². The van der Waals surface area contributed by atoms with Crippen molar-refractivity contribution in [3.63, 3.8) is 0 Å². The van der Waals surface area contributed by atoms with Crippen molar-refractivity contribution in [1.82, 2.24) is 93.9 Å². The number of benzene rings is 8. The Morgan fingerprint density at radius 1 is 0.362 bits per heavy atom. The first-order chi connectivity index (χ1) is 67.5. The first-order valence-corrected chi connectivity index (χ1v) is 45.1. The van der Waals surface area contributed by atoms with E-state index in [4.69, 9.17) is 62.6 Å². The van der Waals surface area contributed by atoms with Gasteiger partial charge in [0.2, 0.25) is 12.5 Å². The Hall–Kier alpha value is -17.3. The van der Waals surface area contributed by atoms with Crippen molar-refractivity contribution < 1.29 is 42.6 Å². The number of anilines is 8. The van der Waals surface area contributed by atoms with Gasteiger partial charge in [0.1, 0.15) is 51.7 Å². The summed E-state index contributed by atoms with van der Waals surface area (Å²) in [4.78, 5) is 59.9. The maximum absolute atomic E-state index is 5.62. The zero-order chi connectivity index (χ0) is 97.3. The van der Waals surface area contributed by atoms with Crippen LogP contribution in [0.3, 0.4) is 0 Å². The monoisotopic (exact) mass is 1890 g/mol. The predicted octanol–water partition coefficient (Wildman–Crippen LogP) is 20.8. The average molecular weight is 1890 g/mol. The molecule has 0 spiro atoms. The van der Waals surface area contributed by atoms with Crippen molar-refractivity contribution in [2.75, 3.05) is 102 Å². The molecule has 11 heterocycles. The molecule has 141 heavy (non-hydrogen) atoms. The molecule has 8 aromatic carbocycles. The van der Waals surface area contributed by atoms with Crippen LogP contribution in [0.2, 0.25) is 0 Å². The van der Waals surface area contributed by atoms with Crippen molar-refractivity contribution in [2.45, 2.75) is 82.6 Å². The zero-order valence-electron chi connectivity index (χ0n) is 81.0. The molecule has 0 bridgehead atoms. The molecule has 32 nitrogen and oxygen atoms in total. The molecule has 10 aromatic heterocycles. The third-order valence-corrected chi connectivity index (χ3v) is 23.0. The van der Waals surface area contributed by atoms with Crippen LogP contribution in [0.1, 0.15) is 87.8 Å². The van der Waals surface area contributed by atoms with Crippen LogP contribution in [-0.4, -0.2) is 177 Å². The van der Waals surface area contributed by atoms with Crippen LogP contribution in [0.15, 0.2) is 226 Å². The molecule has 0 radical (unpaired) electrons. The van der Waals surface area contributed by atoms with E-state index >= 15 is 0 Å². The van der Waals surface area contributed by atoms with Gasteiger partial charge >= 0.3 is 0 Å². The SMILES string of the molecule is C.C.CCCCN(c1cc(OC)cc(OC)c1)c1ccc2ncc(-c3c(C)nn(C)c3C)nc2c1.CCCN(c1cc(OC)c2c(c1)OCO2)c1ccc2ncc(-c3cnn(C)c3)nc2c1.COc1cc(OC)cc(N(CC#Cc2cc(C)nc(C)n2)c2ccc3ncc(-c4cnn(C)c4)nc3c2)c1.COc1cc(OC)cc(N(CC#Cc2ccc(C)cn2)c2ccc3ncc(-c4cnn(C)c4)nc3c2)c1. The molecule has 0 fully saturated rings. The van der Waals surface area contributed by atoms with E-state index in [1.165, 1.54) is 0 Å². The van der Waals surface area contributed by atoms with E-state index in [-0.39, 0.29) is 21.6 Å². The van der Waals surface area contributed by atoms with Crippen LogP contribution in [-0.2, 0) is 28.2 Å². The maximum atomic E-state index is 5.62. The van der Waals surface area contributed by atoms with Gasteiger partial charge in [-0.2, -0.15) is 20.4 Å². The Bertz CT molecular complexity index is 7520. The predicted molar refractivity (Wildman–Crippen MR) is 555 cm³/mol. The fourth-order valence-corrected chi connectivity index (χ4v) is 15.9. The van der Waals surface area contributed by atoms with Crippen LogP contribution in [0.5, 0.6) is 51.7 Å². The molecule has 720 valence electrons. The Morgan fingerprint density at radius 3 is 1.14 bits per heavy atom. The van der Waals surface area contributed by atoms with E-state index in [2.05, 4.69) is 144 Å². The number of methoxy groups -OCH3 is 7. The molecule has 32 heteroatoms. The molecule has 0 saturated carbocycles. The van der Waals surface area contributed by atoms with Crippen LogP contribution >= 0.6 is 0 Å². The van der Waals surface area contributed by atoms with E-state index in [0.717, 1.165) is 207 Å². The molecule has 0 saturated heterocycles. The van der Waals surface area contributed by atoms with Crippen LogP contribution in [0.4, 0.5) is 45.5 Å². The van der Waals surface area contributed by atoms with Crippen molar-refractivity contribution in [3.05, 3.63) is 266 Å². The average Bonchev–Trinajstić information content (AvgIpc) is 1.69. The molecule has 18 aromatic rings. The lowest BCUT2D eigenvalue weighted by molar-refractivity contribution is 0.171. The highest BCUT2D eigenvalue weighted by Gasteiger charge is 2.26. The Balaban J connectivity index is 0.000000149. The Morgan fingerprint density at radius 2 is 0.766 bits per heavy atom. The molecule has 1 aliphatic heterocycles. The molecule has 0 amide bonds. The molecule has 19 rings (SSSR count). The number of unbranched alkanes of at least 4 members (excludes halogenated alkanes) is 1. The van der Waals surface area contributed by atoms with E-state index in [1.807, 2.05) is 225 Å². The maximum Gasteiger partial charge on any atom is 0.231 e. The minimum absolute atomic E-state index is 0. The van der Waals surface area contributed by atoms with Gasteiger partial charge in [0.25, 0.3) is 0 Å². The fraction of sp³-hybridized carbons (Fsp3) is 0.257. The molecular formula is C109H115N23O9. The standard InChI is InChI=1S/C29H27N7O2.C29H26N6O2.C26H31N5O2.C23H23N5O3.2CH4/c1-19-11-22(33-20(2)32-19)7-6-10-36(24-12-25(37-4)15-26(13-24)38-5)23-8-9-27-28(14-23)34-29(17-30-27)21-16-31-35(3)18-21;1-20-7-8-22(30-16-20)6-5-11-35(24-12-25(36-3)15-26(13-24)37-4)23-9-10-27-28(14-23)33-29(18-31-27)21-17-32-34(2)19-21;1-7-8-11-31(20-12-21(32-5)15-22(13-20)33-6)19-9-10-23-24(14-19)28-25(16-27-23)26-17(2)29-30(4)18(26)3;1-4-7-28(17-9-21(29-3)23-22(10-17)30-14-31-23)16-5-6-18-19(8-16)26-20(12-24-18)15-11-25-27(2)13-15;;/h8-9,11-18H,10H2,1-5H3;7-10,12-19H,11H2,1-4H3;9-10,12-16H,7-8,11H2,1-6H3;5-6,8-13H,4,7,14H2,1-3H3;2*1H4. The highest BCUT2D eigenvalue weighted by Crippen LogP contribution is 2.47. The van der Waals surface area contributed by atoms with Crippen molar-refractivity contribution in [3.8, 4) is 120 Å². The van der Waals surface area contributed by atoms with Gasteiger partial charge < -0.3 is 62.2 Å². The smallest absolute Gasteiger partial charge is 0.231 e. The minimum Gasteiger partial charge on any atom is -0.497 e. The molecule has 1 aliphatic rings. The normalized spacial score (nSPS) is 11.0. The highest BCUT2D eigenvalue weighted by atomic mass is 16.7. The summed E-state index contributed by atoms with van der Waals surface area (Å²) in [6, 6.07) is 51.5. The molecular weight excluding hydrogens is 1780 g/mol. The second kappa shape index (κ2) is 45.6. The number of aromatic nitrogens is 19. The van der Waals surface area contributed by atoms with Gasteiger partial charge in [-0.3, -0.25) is 38.7 Å². The molecule has 0 N–H and O–H groups in total. The number of rotatable bonds is 26. The first kappa shape index (κ1) is 99.7. The molecule has 0 aliphatic carbocycles. The van der Waals surface area contributed by atoms with E-state index in [1.54, 1.807) is 101 Å². The first-order valence-electron chi connectivity index (χ1n) is 45.1. The largest absolute Gasteiger partial charge is 0.497 e. The third kappa shape index (κ3) is 23.7. The number of pyridine rings is 1. The van der Waals surface area contributed by atoms with Crippen LogP contribution < -0.4 is 62.2 Å². The van der Waals surface area contributed by atoms with Gasteiger partial charge in [0, 0.05) is 212 Å². The van der Waals surface area contributed by atoms with Gasteiger partial charge in [0.15, 0.2) is 11.5 Å². The second-order valence-corrected chi connectivity index (χ2v) is 32.8. The van der Waals surface area contributed by atoms with Gasteiger partial charge in [-0.1, -0.05) is 53.0 Å². The lowest BCUT2D eigenvalue weighted by Gasteiger charge is -2.26. The van der Waals surface area contributed by atoms with Gasteiger partial charge in [-0.05, 0) is 150 Å². The van der Waals surface area contributed by atoms with Gasteiger partial charge in [-0.15, -0.1) is 0 Å². The van der Waals surface area contributed by atoms with Crippen LogP contribution in [0.25, 0.3) is 89.2 Å². The zero-order valence-corrected chi connectivity index (χ0v) is 81.0. The summed E-state index contributed by atoms with van der Waals surface area (Å²) in [5, 5.41) is 17.3. The number of aryl methyl sites for hydroxylation is 8. The Kier molecular flexibility index (Phi) is 32.2. The molecule has 0 atom stereocenters. The number of nitrogens with zero attached hydrogens (tertiary/aromatic N) is 23. The van der Waals surface area contributed by atoms with Gasteiger partial charge in [0.05, 0.1) is 179 Å². The van der Waals surface area contributed by atoms with E-state index < -0.39 is 0 Å². The Labute approximate surface area is 821 Å². The summed E-state index contributed by atoms with van der Waals surface area (Å²) in [6.45, 7) is 16.9. The minimum atomic E-state index is 0. The third-order valence-electron chi connectivity index (χ3n) is 23.0. The van der Waals surface area contributed by atoms with E-state index in [0.29, 0.717) is 64.9 Å². The highest BCUT2D eigenvalue weighted by molar-refractivity contribution is 5.88. The second-order valence-electron chi connectivity index (χ2n) is 32.8. The molecule has 0 unspecified atom stereocenters. The summed E-state index contributed by atoms with van der Waals surface area (Å²) in [6.07, 6.45) is 23.2. The quantitative estimate of drug-likeness (QED) is 0.0455. The fourth-order valence-electron chi connectivity index (χ4n) is 15.9. The number of ether oxygens (including phenoxy) is 9. The van der Waals surface area contributed by atoms with E-state index in [9.17, 15) is 0 Å². The summed E-state index contributed by atoms with van der Waals surface area (Å²) >= 11 is 0. The lowest BCUT2D eigenvalue weighted by Crippen LogP contribution is -2.18. The summed E-state index contributed by atoms with van der Waals surface area (Å²) in [7, 11) is 19.1. The topological polar surface area (TPSA) is 309 Å². The number of hydrogen-bond donors (Lipinski definition) is 0. The number of fused-ring (bicyclic) bond motifs is 5. The van der Waals surface area contributed by atoms with Crippen LogP contribution in [0, 0.1) is 58.3 Å². The lowest BCUT2D eigenvalue weighted by atomic mass is 10.1. The van der Waals surface area contributed by atoms with Crippen molar-refractivity contribution >= 4 is 89.6 Å². The van der Waals surface area contributed by atoms with Crippen molar-refractivity contribution in [2.24, 2.45) is 28.2 Å².